The van der Waals surface area contributed by atoms with Crippen molar-refractivity contribution in [1.82, 2.24) is 4.31 Å². The summed E-state index contributed by atoms with van der Waals surface area (Å²) in [6.45, 7) is 1.81. The van der Waals surface area contributed by atoms with Crippen molar-refractivity contribution in [2.24, 2.45) is 0 Å². The summed E-state index contributed by atoms with van der Waals surface area (Å²) < 4.78 is 45.2. The summed E-state index contributed by atoms with van der Waals surface area (Å²) in [6, 6.07) is 10.7. The Labute approximate surface area is 174 Å². The zero-order chi connectivity index (χ0) is 21.7. The largest absolute Gasteiger partial charge is 0.452 e. The second-order valence-electron chi connectivity index (χ2n) is 7.12. The fourth-order valence-corrected chi connectivity index (χ4v) is 5.00. The fourth-order valence-electron chi connectivity index (χ4n) is 3.30. The first kappa shape index (κ1) is 21.9. The third kappa shape index (κ3) is 5.22. The summed E-state index contributed by atoms with van der Waals surface area (Å²) in [6.07, 6.45) is 2.65. The molecule has 1 N–H and O–H groups in total. The predicted molar refractivity (Wildman–Crippen MR) is 109 cm³/mol. The van der Waals surface area contributed by atoms with Crippen LogP contribution in [0.15, 0.2) is 53.4 Å². The number of ether oxygens (including phenoxy) is 1. The molecule has 7 nitrogen and oxygen atoms in total. The lowest BCUT2D eigenvalue weighted by molar-refractivity contribution is -0.119. The Morgan fingerprint density at radius 1 is 1.17 bits per heavy atom. The minimum Gasteiger partial charge on any atom is -0.452 e. The van der Waals surface area contributed by atoms with Crippen molar-refractivity contribution >= 4 is 27.6 Å². The van der Waals surface area contributed by atoms with Crippen LogP contribution in [0.25, 0.3) is 0 Å². The van der Waals surface area contributed by atoms with E-state index in [0.717, 1.165) is 25.3 Å². The number of nitrogens with zero attached hydrogens (tertiary/aromatic N) is 1. The van der Waals surface area contributed by atoms with Gasteiger partial charge in [0.2, 0.25) is 10.0 Å². The van der Waals surface area contributed by atoms with Gasteiger partial charge in [-0.1, -0.05) is 12.5 Å². The van der Waals surface area contributed by atoms with E-state index in [2.05, 4.69) is 5.32 Å². The first-order chi connectivity index (χ1) is 14.3. The van der Waals surface area contributed by atoms with E-state index in [1.54, 1.807) is 0 Å². The molecule has 0 aliphatic carbocycles. The van der Waals surface area contributed by atoms with Crippen molar-refractivity contribution in [3.05, 3.63) is 59.9 Å². The summed E-state index contributed by atoms with van der Waals surface area (Å²) in [4.78, 5) is 24.1. The number of sulfonamides is 1. The predicted octanol–water partition coefficient (Wildman–Crippen LogP) is 3.18. The quantitative estimate of drug-likeness (QED) is 0.705. The van der Waals surface area contributed by atoms with Crippen LogP contribution in [0.1, 0.15) is 36.5 Å². The molecule has 1 atom stereocenters. The molecule has 3 rings (SSSR count). The maximum Gasteiger partial charge on any atom is 0.338 e. The molecule has 0 saturated carbocycles. The number of esters is 1. The average Bonchev–Trinajstić information content (AvgIpc) is 2.72. The summed E-state index contributed by atoms with van der Waals surface area (Å²) in [5.41, 5.74) is 0.372. The molecular weight excluding hydrogens is 411 g/mol. The van der Waals surface area contributed by atoms with E-state index in [4.69, 9.17) is 4.74 Å². The number of piperidine rings is 1. The molecule has 1 amide bonds. The minimum absolute atomic E-state index is 0.0648. The molecule has 1 aliphatic rings. The highest BCUT2D eigenvalue weighted by Crippen LogP contribution is 2.25. The smallest absolute Gasteiger partial charge is 0.338 e. The van der Waals surface area contributed by atoms with Crippen LogP contribution in [0, 0.1) is 5.82 Å². The van der Waals surface area contributed by atoms with Crippen LogP contribution in [0.3, 0.4) is 0 Å². The Kier molecular flexibility index (Phi) is 6.84. The summed E-state index contributed by atoms with van der Waals surface area (Å²) in [5, 5.41) is 2.42. The number of rotatable bonds is 6. The highest BCUT2D eigenvalue weighted by molar-refractivity contribution is 7.89. The van der Waals surface area contributed by atoms with Gasteiger partial charge < -0.3 is 10.1 Å². The molecule has 9 heteroatoms. The van der Waals surface area contributed by atoms with Gasteiger partial charge in [-0.15, -0.1) is 0 Å². The molecular formula is C21H23FN2O5S. The zero-order valence-corrected chi connectivity index (χ0v) is 17.3. The maximum atomic E-state index is 13.1. The van der Waals surface area contributed by atoms with Crippen molar-refractivity contribution < 1.29 is 27.1 Å². The van der Waals surface area contributed by atoms with E-state index in [1.165, 1.54) is 46.8 Å². The molecule has 1 unspecified atom stereocenters. The molecule has 30 heavy (non-hydrogen) atoms. The number of carbonyl (C=O) groups is 2. The maximum absolute atomic E-state index is 13.1. The topological polar surface area (TPSA) is 92.8 Å². The second kappa shape index (κ2) is 9.36. The molecule has 1 saturated heterocycles. The first-order valence-electron chi connectivity index (χ1n) is 9.62. The summed E-state index contributed by atoms with van der Waals surface area (Å²) in [5.74, 6) is -1.88. The number of amides is 1. The highest BCUT2D eigenvalue weighted by atomic mass is 32.2. The first-order valence-corrected chi connectivity index (χ1v) is 11.1. The van der Waals surface area contributed by atoms with Crippen molar-refractivity contribution in [3.63, 3.8) is 0 Å². The van der Waals surface area contributed by atoms with E-state index in [0.29, 0.717) is 6.54 Å². The number of carbonyl (C=O) groups excluding carboxylic acids is 2. The van der Waals surface area contributed by atoms with Crippen LogP contribution >= 0.6 is 0 Å². The zero-order valence-electron chi connectivity index (χ0n) is 16.5. The van der Waals surface area contributed by atoms with Gasteiger partial charge in [0.05, 0.1) is 10.5 Å². The van der Waals surface area contributed by atoms with Crippen LogP contribution < -0.4 is 5.32 Å². The van der Waals surface area contributed by atoms with E-state index in [1.807, 2.05) is 6.92 Å². The molecule has 1 heterocycles. The Balaban J connectivity index is 1.59. The number of benzene rings is 2. The minimum atomic E-state index is -3.63. The number of hydrogen-bond acceptors (Lipinski definition) is 5. The highest BCUT2D eigenvalue weighted by Gasteiger charge is 2.31. The molecule has 0 aromatic heterocycles. The van der Waals surface area contributed by atoms with Gasteiger partial charge in [-0.2, -0.15) is 4.31 Å². The fraction of sp³-hybridized carbons (Fsp3) is 0.333. The van der Waals surface area contributed by atoms with Gasteiger partial charge in [0.15, 0.2) is 6.61 Å². The van der Waals surface area contributed by atoms with Crippen molar-refractivity contribution in [2.75, 3.05) is 18.5 Å². The second-order valence-corrected chi connectivity index (χ2v) is 9.01. The Bertz CT molecular complexity index is 1020. The van der Waals surface area contributed by atoms with Gasteiger partial charge in [0, 0.05) is 18.3 Å². The normalized spacial score (nSPS) is 17.3. The lowest BCUT2D eigenvalue weighted by Crippen LogP contribution is -2.41. The Morgan fingerprint density at radius 3 is 2.57 bits per heavy atom. The van der Waals surface area contributed by atoms with E-state index >= 15 is 0 Å². The van der Waals surface area contributed by atoms with Gasteiger partial charge in [0.25, 0.3) is 5.91 Å². The Hall–Kier alpha value is -2.78. The third-order valence-corrected chi connectivity index (χ3v) is 6.91. The number of hydrogen-bond donors (Lipinski definition) is 1. The molecule has 0 spiro atoms. The molecule has 0 bridgehead atoms. The van der Waals surface area contributed by atoms with Crippen molar-refractivity contribution in [2.45, 2.75) is 37.1 Å². The van der Waals surface area contributed by atoms with Crippen LogP contribution in [0.5, 0.6) is 0 Å². The van der Waals surface area contributed by atoms with Gasteiger partial charge in [0.1, 0.15) is 5.82 Å². The standard InChI is InChI=1S/C21H23FN2O5S/c1-15-5-2-3-12-24(15)30(27,28)19-10-8-16(9-11-19)21(26)29-14-20(25)23-18-7-4-6-17(22)13-18/h4,6-11,13,15H,2-3,5,12,14H2,1H3,(H,23,25). The number of nitrogens with one attached hydrogen (secondary N) is 1. The molecule has 1 fully saturated rings. The van der Waals surface area contributed by atoms with E-state index in [-0.39, 0.29) is 22.2 Å². The lowest BCUT2D eigenvalue weighted by atomic mass is 10.1. The summed E-state index contributed by atoms with van der Waals surface area (Å²) in [7, 11) is -3.63. The molecule has 1 aliphatic heterocycles. The van der Waals surface area contributed by atoms with Crippen LogP contribution in [-0.4, -0.2) is 43.8 Å². The number of halogens is 1. The van der Waals surface area contributed by atoms with Gasteiger partial charge >= 0.3 is 5.97 Å². The van der Waals surface area contributed by atoms with Crippen LogP contribution in [0.4, 0.5) is 10.1 Å². The molecule has 0 radical (unpaired) electrons. The van der Waals surface area contributed by atoms with Gasteiger partial charge in [-0.25, -0.2) is 17.6 Å². The van der Waals surface area contributed by atoms with Crippen LogP contribution in [-0.2, 0) is 19.6 Å². The number of anilines is 1. The lowest BCUT2D eigenvalue weighted by Gasteiger charge is -2.32. The molecule has 160 valence electrons. The monoisotopic (exact) mass is 434 g/mol. The van der Waals surface area contributed by atoms with E-state index < -0.39 is 34.3 Å². The summed E-state index contributed by atoms with van der Waals surface area (Å²) >= 11 is 0. The Morgan fingerprint density at radius 2 is 1.90 bits per heavy atom. The van der Waals surface area contributed by atoms with Gasteiger partial charge in [-0.3, -0.25) is 4.79 Å². The average molecular weight is 434 g/mol. The molecule has 2 aromatic carbocycles. The van der Waals surface area contributed by atoms with E-state index in [9.17, 15) is 22.4 Å². The van der Waals surface area contributed by atoms with Crippen LogP contribution in [0.2, 0.25) is 0 Å². The third-order valence-electron chi connectivity index (χ3n) is 4.88. The van der Waals surface area contributed by atoms with Gasteiger partial charge in [-0.05, 0) is 62.2 Å². The molecule has 2 aromatic rings. The SMILES string of the molecule is CC1CCCCN1S(=O)(=O)c1ccc(C(=O)OCC(=O)Nc2cccc(F)c2)cc1. The van der Waals surface area contributed by atoms with Crippen molar-refractivity contribution in [1.29, 1.82) is 0 Å². The van der Waals surface area contributed by atoms with Crippen molar-refractivity contribution in [3.8, 4) is 0 Å².